The van der Waals surface area contributed by atoms with Crippen molar-refractivity contribution in [2.24, 2.45) is 5.41 Å². The van der Waals surface area contributed by atoms with Gasteiger partial charge in [-0.05, 0) is 62.4 Å². The molecule has 1 aromatic heterocycles. The molecule has 0 amide bonds. The standard InChI is InChI=1S/C20H26N4O/c1-2-9-24(10-3-1)13-15-5-4-6-16(11-15)18-22-19(25-23-18)17-12-20(17)7-8-21-14-20/h4-6,11,17,21H,1-3,7-10,12-14H2. The molecule has 132 valence electrons. The van der Waals surface area contributed by atoms with Gasteiger partial charge in [0.1, 0.15) is 0 Å². The zero-order valence-corrected chi connectivity index (χ0v) is 14.7. The Bertz CT molecular complexity index is 744. The van der Waals surface area contributed by atoms with Gasteiger partial charge in [-0.1, -0.05) is 29.8 Å². The lowest BCUT2D eigenvalue weighted by Crippen LogP contribution is -2.29. The van der Waals surface area contributed by atoms with E-state index in [2.05, 4.69) is 39.6 Å². The summed E-state index contributed by atoms with van der Waals surface area (Å²) < 4.78 is 5.62. The number of hydrogen-bond acceptors (Lipinski definition) is 5. The second kappa shape index (κ2) is 6.22. The molecule has 25 heavy (non-hydrogen) atoms. The van der Waals surface area contributed by atoms with Crippen molar-refractivity contribution in [2.75, 3.05) is 26.2 Å². The molecule has 2 aliphatic heterocycles. The molecule has 5 nitrogen and oxygen atoms in total. The van der Waals surface area contributed by atoms with E-state index in [4.69, 9.17) is 9.51 Å². The monoisotopic (exact) mass is 338 g/mol. The van der Waals surface area contributed by atoms with E-state index in [9.17, 15) is 0 Å². The van der Waals surface area contributed by atoms with Crippen molar-refractivity contribution in [3.8, 4) is 11.4 Å². The summed E-state index contributed by atoms with van der Waals surface area (Å²) in [5.74, 6) is 2.03. The first kappa shape index (κ1) is 15.5. The van der Waals surface area contributed by atoms with Gasteiger partial charge >= 0.3 is 0 Å². The van der Waals surface area contributed by atoms with Gasteiger partial charge in [-0.3, -0.25) is 4.90 Å². The third-order valence-electron chi connectivity index (χ3n) is 6.25. The first-order chi connectivity index (χ1) is 12.3. The van der Waals surface area contributed by atoms with Gasteiger partial charge in [0.25, 0.3) is 0 Å². The molecule has 5 rings (SSSR count). The van der Waals surface area contributed by atoms with Crippen molar-refractivity contribution in [1.29, 1.82) is 0 Å². The number of aromatic nitrogens is 2. The molecule has 0 bridgehead atoms. The van der Waals surface area contributed by atoms with E-state index in [-0.39, 0.29) is 0 Å². The average Bonchev–Trinajstić information content (AvgIpc) is 3.01. The maximum absolute atomic E-state index is 5.62. The molecule has 1 spiro atoms. The molecule has 2 atom stereocenters. The van der Waals surface area contributed by atoms with Crippen LogP contribution in [0.2, 0.25) is 0 Å². The third-order valence-corrected chi connectivity index (χ3v) is 6.25. The number of rotatable bonds is 4. The van der Waals surface area contributed by atoms with Crippen LogP contribution in [0, 0.1) is 5.41 Å². The summed E-state index contributed by atoms with van der Waals surface area (Å²) in [6.07, 6.45) is 6.45. The molecule has 3 fully saturated rings. The van der Waals surface area contributed by atoms with E-state index in [1.54, 1.807) is 0 Å². The summed E-state index contributed by atoms with van der Waals surface area (Å²) in [4.78, 5) is 7.28. The number of hydrogen-bond donors (Lipinski definition) is 1. The van der Waals surface area contributed by atoms with Crippen molar-refractivity contribution in [2.45, 2.75) is 44.6 Å². The van der Waals surface area contributed by atoms with Crippen LogP contribution in [0.1, 0.15) is 49.5 Å². The molecule has 3 heterocycles. The minimum absolute atomic E-state index is 0.403. The fraction of sp³-hybridized carbons (Fsp3) is 0.600. The first-order valence-electron chi connectivity index (χ1n) is 9.68. The van der Waals surface area contributed by atoms with Gasteiger partial charge in [0.15, 0.2) is 0 Å². The average molecular weight is 338 g/mol. The van der Waals surface area contributed by atoms with E-state index in [0.29, 0.717) is 11.3 Å². The van der Waals surface area contributed by atoms with Crippen molar-refractivity contribution in [3.63, 3.8) is 0 Å². The number of likely N-dealkylation sites (tertiary alicyclic amines) is 1. The lowest BCUT2D eigenvalue weighted by atomic mass is 10.0. The zero-order valence-electron chi connectivity index (χ0n) is 14.7. The highest BCUT2D eigenvalue weighted by molar-refractivity contribution is 5.55. The second-order valence-corrected chi connectivity index (χ2v) is 8.04. The molecule has 2 aromatic rings. The minimum Gasteiger partial charge on any atom is -0.339 e. The lowest BCUT2D eigenvalue weighted by Gasteiger charge is -2.26. The van der Waals surface area contributed by atoms with Crippen molar-refractivity contribution < 1.29 is 4.52 Å². The molecule has 2 saturated heterocycles. The van der Waals surface area contributed by atoms with Crippen LogP contribution in [0.25, 0.3) is 11.4 Å². The Balaban J connectivity index is 1.31. The quantitative estimate of drug-likeness (QED) is 0.928. The Morgan fingerprint density at radius 3 is 3.00 bits per heavy atom. The molecule has 1 N–H and O–H groups in total. The van der Waals surface area contributed by atoms with Crippen molar-refractivity contribution in [3.05, 3.63) is 35.7 Å². The van der Waals surface area contributed by atoms with E-state index >= 15 is 0 Å². The van der Waals surface area contributed by atoms with Crippen LogP contribution in [0.3, 0.4) is 0 Å². The summed E-state index contributed by atoms with van der Waals surface area (Å²) >= 11 is 0. The van der Waals surface area contributed by atoms with Crippen LogP contribution in [0.5, 0.6) is 0 Å². The predicted molar refractivity (Wildman–Crippen MR) is 96.1 cm³/mol. The van der Waals surface area contributed by atoms with Gasteiger partial charge in [-0.2, -0.15) is 4.98 Å². The topological polar surface area (TPSA) is 54.2 Å². The van der Waals surface area contributed by atoms with Gasteiger partial charge in [0, 0.05) is 24.6 Å². The van der Waals surface area contributed by atoms with Crippen LogP contribution in [0.15, 0.2) is 28.8 Å². The van der Waals surface area contributed by atoms with Crippen molar-refractivity contribution >= 4 is 0 Å². The molecule has 1 aromatic carbocycles. The predicted octanol–water partition coefficient (Wildman–Crippen LogP) is 3.19. The smallest absolute Gasteiger partial charge is 0.230 e. The Morgan fingerprint density at radius 2 is 2.16 bits per heavy atom. The minimum atomic E-state index is 0.403. The van der Waals surface area contributed by atoms with Gasteiger partial charge in [-0.25, -0.2) is 0 Å². The van der Waals surface area contributed by atoms with Crippen LogP contribution in [0.4, 0.5) is 0 Å². The molecule has 0 radical (unpaired) electrons. The summed E-state index contributed by atoms with van der Waals surface area (Å²) in [7, 11) is 0. The number of nitrogens with one attached hydrogen (secondary N) is 1. The van der Waals surface area contributed by atoms with E-state index < -0.39 is 0 Å². The lowest BCUT2D eigenvalue weighted by molar-refractivity contribution is 0.221. The molecular weight excluding hydrogens is 312 g/mol. The zero-order chi connectivity index (χ0) is 16.7. The molecule has 5 heteroatoms. The number of piperidine rings is 1. The Labute approximate surface area is 148 Å². The van der Waals surface area contributed by atoms with Gasteiger partial charge in [-0.15, -0.1) is 0 Å². The summed E-state index contributed by atoms with van der Waals surface area (Å²) in [5.41, 5.74) is 2.82. The Morgan fingerprint density at radius 1 is 1.24 bits per heavy atom. The van der Waals surface area contributed by atoms with Crippen LogP contribution in [-0.2, 0) is 6.54 Å². The summed E-state index contributed by atoms with van der Waals surface area (Å²) in [5, 5.41) is 7.73. The van der Waals surface area contributed by atoms with Crippen LogP contribution < -0.4 is 5.32 Å². The number of nitrogens with zero attached hydrogens (tertiary/aromatic N) is 3. The highest BCUT2D eigenvalue weighted by Gasteiger charge is 2.58. The highest BCUT2D eigenvalue weighted by Crippen LogP contribution is 2.62. The van der Waals surface area contributed by atoms with E-state index in [1.165, 1.54) is 50.8 Å². The first-order valence-corrected chi connectivity index (χ1v) is 9.68. The van der Waals surface area contributed by atoms with Crippen molar-refractivity contribution in [1.82, 2.24) is 20.4 Å². The second-order valence-electron chi connectivity index (χ2n) is 8.04. The fourth-order valence-corrected chi connectivity index (χ4v) is 4.61. The molecule has 2 unspecified atom stereocenters. The molecule has 1 saturated carbocycles. The largest absolute Gasteiger partial charge is 0.339 e. The molecular formula is C20H26N4O. The Hall–Kier alpha value is -1.72. The summed E-state index contributed by atoms with van der Waals surface area (Å²) in [6, 6.07) is 8.64. The molecule has 3 aliphatic rings. The maximum atomic E-state index is 5.62. The molecule has 1 aliphatic carbocycles. The summed E-state index contributed by atoms with van der Waals surface area (Å²) in [6.45, 7) is 5.68. The van der Waals surface area contributed by atoms with Gasteiger partial charge < -0.3 is 9.84 Å². The fourth-order valence-electron chi connectivity index (χ4n) is 4.61. The van der Waals surface area contributed by atoms with Gasteiger partial charge in [0.2, 0.25) is 11.7 Å². The van der Waals surface area contributed by atoms with E-state index in [0.717, 1.165) is 36.9 Å². The van der Waals surface area contributed by atoms with Crippen LogP contribution >= 0.6 is 0 Å². The Kier molecular flexibility index (Phi) is 3.86. The number of benzene rings is 1. The normalized spacial score (nSPS) is 29.4. The van der Waals surface area contributed by atoms with Gasteiger partial charge in [0.05, 0.1) is 0 Å². The third kappa shape index (κ3) is 3.00. The van der Waals surface area contributed by atoms with E-state index in [1.807, 2.05) is 0 Å². The van der Waals surface area contributed by atoms with Crippen LogP contribution in [-0.4, -0.2) is 41.2 Å². The highest BCUT2D eigenvalue weighted by atomic mass is 16.5. The maximum Gasteiger partial charge on any atom is 0.230 e. The SMILES string of the molecule is c1cc(CN2CCCCC2)cc(-c2noc(C3CC34CCNC4)n2)c1.